The molecule has 0 saturated carbocycles. The Labute approximate surface area is 144 Å². The van der Waals surface area contributed by atoms with E-state index in [-0.39, 0.29) is 17.9 Å². The van der Waals surface area contributed by atoms with E-state index in [1.165, 1.54) is 6.08 Å². The molecule has 2 saturated heterocycles. The molecule has 0 N–H and O–H groups in total. The second-order valence-electron chi connectivity index (χ2n) is 6.35. The Morgan fingerprint density at radius 2 is 2.28 bits per heavy atom. The van der Waals surface area contributed by atoms with Crippen molar-refractivity contribution < 1.29 is 14.0 Å². The first-order chi connectivity index (χ1) is 12.2. The Hall–Kier alpha value is -2.90. The SMILES string of the molecule is O=C(/C=C/c1ccco1)N1CC(n2cc(CN3CCCC3=O)nn2)C1. The van der Waals surface area contributed by atoms with Crippen LogP contribution in [-0.2, 0) is 16.1 Å². The average molecular weight is 341 g/mol. The largest absolute Gasteiger partial charge is 0.465 e. The molecule has 0 atom stereocenters. The molecule has 0 unspecified atom stereocenters. The lowest BCUT2D eigenvalue weighted by molar-refractivity contribution is -0.131. The standard InChI is InChI=1S/C17H19N5O3/c23-16-4-1-7-20(16)9-13-10-22(19-18-13)14-11-21(12-14)17(24)6-5-15-3-2-8-25-15/h2-3,5-6,8,10,14H,1,4,7,9,11-12H2/b6-5+. The van der Waals surface area contributed by atoms with E-state index >= 15 is 0 Å². The fourth-order valence-electron chi connectivity index (χ4n) is 3.08. The van der Waals surface area contributed by atoms with Crippen LogP contribution < -0.4 is 0 Å². The highest BCUT2D eigenvalue weighted by Crippen LogP contribution is 2.21. The van der Waals surface area contributed by atoms with Gasteiger partial charge in [-0.3, -0.25) is 9.59 Å². The number of rotatable bonds is 5. The van der Waals surface area contributed by atoms with Crippen LogP contribution in [0.4, 0.5) is 0 Å². The van der Waals surface area contributed by atoms with Crippen LogP contribution in [0.5, 0.6) is 0 Å². The molecule has 0 aliphatic carbocycles. The number of aromatic nitrogens is 3. The lowest BCUT2D eigenvalue weighted by atomic mass is 10.1. The first-order valence-corrected chi connectivity index (χ1v) is 8.38. The third-order valence-electron chi connectivity index (χ3n) is 4.56. The number of amides is 2. The fourth-order valence-corrected chi connectivity index (χ4v) is 3.08. The molecule has 8 heteroatoms. The molecule has 0 radical (unpaired) electrons. The summed E-state index contributed by atoms with van der Waals surface area (Å²) in [6.07, 6.45) is 8.16. The quantitative estimate of drug-likeness (QED) is 0.760. The average Bonchev–Trinajstić information content (AvgIpc) is 3.28. The van der Waals surface area contributed by atoms with Crippen molar-refractivity contribution in [2.75, 3.05) is 19.6 Å². The maximum Gasteiger partial charge on any atom is 0.246 e. The Morgan fingerprint density at radius 1 is 1.40 bits per heavy atom. The highest BCUT2D eigenvalue weighted by Gasteiger charge is 2.32. The highest BCUT2D eigenvalue weighted by molar-refractivity contribution is 5.92. The van der Waals surface area contributed by atoms with Gasteiger partial charge in [0.05, 0.1) is 25.0 Å². The van der Waals surface area contributed by atoms with Gasteiger partial charge in [0.25, 0.3) is 0 Å². The minimum absolute atomic E-state index is 0.0457. The molecule has 0 spiro atoms. The van der Waals surface area contributed by atoms with Gasteiger partial charge in [0.1, 0.15) is 11.5 Å². The lowest BCUT2D eigenvalue weighted by Crippen LogP contribution is -2.50. The van der Waals surface area contributed by atoms with E-state index in [1.807, 2.05) is 11.1 Å². The second kappa shape index (κ2) is 6.54. The topological polar surface area (TPSA) is 84.5 Å². The number of hydrogen-bond donors (Lipinski definition) is 0. The zero-order chi connectivity index (χ0) is 17.2. The van der Waals surface area contributed by atoms with Crippen molar-refractivity contribution in [2.45, 2.75) is 25.4 Å². The van der Waals surface area contributed by atoms with Gasteiger partial charge in [-0.25, -0.2) is 4.68 Å². The van der Waals surface area contributed by atoms with Crippen LogP contribution in [0.1, 0.15) is 30.3 Å². The molecular formula is C17H19N5O3. The van der Waals surface area contributed by atoms with Gasteiger partial charge in [-0.15, -0.1) is 5.10 Å². The van der Waals surface area contributed by atoms with Gasteiger partial charge in [0.2, 0.25) is 11.8 Å². The van der Waals surface area contributed by atoms with Crippen LogP contribution in [-0.4, -0.2) is 56.2 Å². The van der Waals surface area contributed by atoms with Crippen molar-refractivity contribution in [1.82, 2.24) is 24.8 Å². The molecule has 8 nitrogen and oxygen atoms in total. The second-order valence-corrected chi connectivity index (χ2v) is 6.35. The van der Waals surface area contributed by atoms with E-state index in [4.69, 9.17) is 4.42 Å². The number of carbonyl (C=O) groups is 2. The van der Waals surface area contributed by atoms with Crippen LogP contribution in [0.2, 0.25) is 0 Å². The zero-order valence-corrected chi connectivity index (χ0v) is 13.7. The van der Waals surface area contributed by atoms with Gasteiger partial charge in [0, 0.05) is 32.1 Å². The van der Waals surface area contributed by atoms with Crippen LogP contribution in [0, 0.1) is 0 Å². The van der Waals surface area contributed by atoms with Gasteiger partial charge < -0.3 is 14.2 Å². The smallest absolute Gasteiger partial charge is 0.246 e. The van der Waals surface area contributed by atoms with E-state index in [0.717, 1.165) is 18.7 Å². The molecule has 2 aromatic rings. The van der Waals surface area contributed by atoms with Crippen LogP contribution >= 0.6 is 0 Å². The number of likely N-dealkylation sites (tertiary alicyclic amines) is 2. The maximum atomic E-state index is 12.1. The molecule has 4 heterocycles. The van der Waals surface area contributed by atoms with E-state index in [1.54, 1.807) is 34.1 Å². The molecule has 2 aliphatic heterocycles. The number of hydrogen-bond acceptors (Lipinski definition) is 5. The van der Waals surface area contributed by atoms with E-state index < -0.39 is 0 Å². The summed E-state index contributed by atoms with van der Waals surface area (Å²) in [6, 6.07) is 3.71. The van der Waals surface area contributed by atoms with E-state index in [2.05, 4.69) is 10.3 Å². The fraction of sp³-hybridized carbons (Fsp3) is 0.412. The molecule has 130 valence electrons. The normalized spacial score (nSPS) is 18.3. The van der Waals surface area contributed by atoms with E-state index in [0.29, 0.717) is 31.8 Å². The molecular weight excluding hydrogens is 322 g/mol. The molecule has 0 bridgehead atoms. The Kier molecular flexibility index (Phi) is 4.09. The Morgan fingerprint density at radius 3 is 3.00 bits per heavy atom. The zero-order valence-electron chi connectivity index (χ0n) is 13.7. The van der Waals surface area contributed by atoms with Crippen molar-refractivity contribution in [3.8, 4) is 0 Å². The van der Waals surface area contributed by atoms with Gasteiger partial charge in [0.15, 0.2) is 0 Å². The molecule has 4 rings (SSSR count). The molecule has 2 fully saturated rings. The van der Waals surface area contributed by atoms with E-state index in [9.17, 15) is 9.59 Å². The summed E-state index contributed by atoms with van der Waals surface area (Å²) in [5, 5.41) is 8.29. The monoisotopic (exact) mass is 341 g/mol. The van der Waals surface area contributed by atoms with Gasteiger partial charge in [-0.1, -0.05) is 5.21 Å². The minimum atomic E-state index is -0.0457. The summed E-state index contributed by atoms with van der Waals surface area (Å²) in [6.45, 7) is 2.51. The number of furan rings is 1. The summed E-state index contributed by atoms with van der Waals surface area (Å²) in [7, 11) is 0. The van der Waals surface area contributed by atoms with Crippen molar-refractivity contribution in [3.05, 3.63) is 42.1 Å². The predicted molar refractivity (Wildman–Crippen MR) is 88.0 cm³/mol. The number of carbonyl (C=O) groups excluding carboxylic acids is 2. The Bertz CT molecular complexity index is 789. The number of nitrogens with zero attached hydrogens (tertiary/aromatic N) is 5. The Balaban J connectivity index is 1.29. The summed E-state index contributed by atoms with van der Waals surface area (Å²) >= 11 is 0. The van der Waals surface area contributed by atoms with Gasteiger partial charge in [-0.2, -0.15) is 0 Å². The van der Waals surface area contributed by atoms with Gasteiger partial charge in [-0.05, 0) is 24.6 Å². The molecule has 2 aliphatic rings. The van der Waals surface area contributed by atoms with Crippen molar-refractivity contribution in [3.63, 3.8) is 0 Å². The summed E-state index contributed by atoms with van der Waals surface area (Å²) in [5.41, 5.74) is 0.790. The van der Waals surface area contributed by atoms with Crippen molar-refractivity contribution in [2.24, 2.45) is 0 Å². The summed E-state index contributed by atoms with van der Waals surface area (Å²) in [4.78, 5) is 27.3. The maximum absolute atomic E-state index is 12.1. The molecule has 2 aromatic heterocycles. The lowest BCUT2D eigenvalue weighted by Gasteiger charge is -2.38. The third kappa shape index (κ3) is 3.33. The molecule has 0 aromatic carbocycles. The predicted octanol–water partition coefficient (Wildman–Crippen LogP) is 1.09. The first-order valence-electron chi connectivity index (χ1n) is 8.38. The third-order valence-corrected chi connectivity index (χ3v) is 4.56. The van der Waals surface area contributed by atoms with Crippen LogP contribution in [0.15, 0.2) is 35.1 Å². The summed E-state index contributed by atoms with van der Waals surface area (Å²) < 4.78 is 6.95. The minimum Gasteiger partial charge on any atom is -0.465 e. The molecule has 2 amide bonds. The van der Waals surface area contributed by atoms with Crippen molar-refractivity contribution in [1.29, 1.82) is 0 Å². The highest BCUT2D eigenvalue weighted by atomic mass is 16.3. The summed E-state index contributed by atoms with van der Waals surface area (Å²) in [5.74, 6) is 0.789. The van der Waals surface area contributed by atoms with Crippen LogP contribution in [0.25, 0.3) is 6.08 Å². The van der Waals surface area contributed by atoms with Crippen molar-refractivity contribution >= 4 is 17.9 Å². The molecule has 25 heavy (non-hydrogen) atoms. The van der Waals surface area contributed by atoms with Crippen LogP contribution in [0.3, 0.4) is 0 Å². The van der Waals surface area contributed by atoms with Gasteiger partial charge >= 0.3 is 0 Å². The first kappa shape index (κ1) is 15.6.